The first-order valence-electron chi connectivity index (χ1n) is 5.39. The van der Waals surface area contributed by atoms with Crippen molar-refractivity contribution in [2.45, 2.75) is 13.5 Å². The maximum Gasteiger partial charge on any atom is 0.294 e. The lowest BCUT2D eigenvalue weighted by molar-refractivity contribution is 0.181. The first kappa shape index (κ1) is 12.9. The molecule has 2 aromatic rings. The van der Waals surface area contributed by atoms with Gasteiger partial charge in [-0.25, -0.2) is 4.68 Å². The predicted octanol–water partition coefficient (Wildman–Crippen LogP) is 1.97. The number of hydrogen-bond acceptors (Lipinski definition) is 3. The topological polar surface area (TPSA) is 73.0 Å². The summed E-state index contributed by atoms with van der Waals surface area (Å²) in [6, 6.07) is 5.67. The summed E-state index contributed by atoms with van der Waals surface area (Å²) < 4.78 is 7.39. The highest BCUT2D eigenvalue weighted by Crippen LogP contribution is 2.19. The van der Waals surface area contributed by atoms with Gasteiger partial charge < -0.3 is 10.5 Å². The summed E-state index contributed by atoms with van der Waals surface area (Å²) in [6.45, 7) is 2.21. The van der Waals surface area contributed by atoms with Crippen LogP contribution in [0.25, 0.3) is 5.69 Å². The third kappa shape index (κ3) is 2.21. The molecule has 1 aromatic heterocycles. The van der Waals surface area contributed by atoms with Crippen molar-refractivity contribution in [3.05, 3.63) is 44.3 Å². The predicted molar refractivity (Wildman–Crippen MR) is 74.0 cm³/mol. The van der Waals surface area contributed by atoms with Gasteiger partial charge in [0.2, 0.25) is 0 Å². The number of nitrogens with one attached hydrogen (secondary N) is 1. The van der Waals surface area contributed by atoms with Crippen LogP contribution in [0, 0.1) is 6.92 Å². The van der Waals surface area contributed by atoms with Gasteiger partial charge in [-0.1, -0.05) is 15.9 Å². The summed E-state index contributed by atoms with van der Waals surface area (Å²) in [6.07, 6.45) is 0. The number of ether oxygens (including phenoxy) is 1. The summed E-state index contributed by atoms with van der Waals surface area (Å²) in [5, 5.41) is 2.97. The monoisotopic (exact) mass is 311 g/mol. The molecular formula is C12H14BrN3O2. The molecule has 18 heavy (non-hydrogen) atoms. The molecule has 0 radical (unpaired) electrons. The first-order chi connectivity index (χ1) is 8.54. The number of hydrogen-bond donors (Lipinski definition) is 2. The van der Waals surface area contributed by atoms with E-state index in [0.717, 1.165) is 15.7 Å². The second-order valence-corrected chi connectivity index (χ2v) is 4.92. The van der Waals surface area contributed by atoms with Crippen molar-refractivity contribution in [1.29, 1.82) is 0 Å². The van der Waals surface area contributed by atoms with Crippen LogP contribution in [0.15, 0.2) is 27.5 Å². The van der Waals surface area contributed by atoms with Crippen LogP contribution in [0.2, 0.25) is 0 Å². The Morgan fingerprint density at radius 3 is 2.83 bits per heavy atom. The molecular weight excluding hydrogens is 298 g/mol. The van der Waals surface area contributed by atoms with E-state index in [-0.39, 0.29) is 17.9 Å². The molecule has 0 unspecified atom stereocenters. The third-order valence-corrected chi connectivity index (χ3v) is 3.19. The summed E-state index contributed by atoms with van der Waals surface area (Å²) >= 11 is 3.39. The molecule has 2 rings (SSSR count). The van der Waals surface area contributed by atoms with Crippen molar-refractivity contribution in [2.24, 2.45) is 0 Å². The minimum absolute atomic E-state index is 0.194. The molecule has 0 saturated heterocycles. The fourth-order valence-corrected chi connectivity index (χ4v) is 2.26. The van der Waals surface area contributed by atoms with Crippen LogP contribution in [0.3, 0.4) is 0 Å². The first-order valence-corrected chi connectivity index (χ1v) is 6.18. The number of rotatable bonds is 3. The van der Waals surface area contributed by atoms with Crippen molar-refractivity contribution in [3.63, 3.8) is 0 Å². The number of aromatic amines is 1. The molecule has 6 heteroatoms. The number of nitrogens with zero attached hydrogens (tertiary/aromatic N) is 1. The van der Waals surface area contributed by atoms with Crippen molar-refractivity contribution in [3.8, 4) is 5.69 Å². The van der Waals surface area contributed by atoms with E-state index in [0.29, 0.717) is 5.69 Å². The average molecular weight is 312 g/mol. The molecule has 0 saturated carbocycles. The lowest BCUT2D eigenvalue weighted by Crippen LogP contribution is -2.17. The van der Waals surface area contributed by atoms with E-state index in [1.165, 1.54) is 4.68 Å². The molecule has 1 aromatic carbocycles. The number of nitrogens with two attached hydrogens (primary N) is 1. The van der Waals surface area contributed by atoms with Gasteiger partial charge in [-0.2, -0.15) is 0 Å². The Kier molecular flexibility index (Phi) is 3.58. The number of benzene rings is 1. The zero-order valence-electron chi connectivity index (χ0n) is 10.2. The second-order valence-electron chi connectivity index (χ2n) is 4.01. The van der Waals surface area contributed by atoms with E-state index in [1.54, 1.807) is 7.11 Å². The van der Waals surface area contributed by atoms with Crippen molar-refractivity contribution in [1.82, 2.24) is 9.78 Å². The zero-order valence-corrected chi connectivity index (χ0v) is 11.7. The highest BCUT2D eigenvalue weighted by atomic mass is 79.9. The Labute approximate surface area is 113 Å². The number of H-pyrrole nitrogens is 1. The average Bonchev–Trinajstić information content (AvgIpc) is 2.58. The van der Waals surface area contributed by atoms with Crippen molar-refractivity contribution < 1.29 is 4.74 Å². The zero-order chi connectivity index (χ0) is 13.3. The summed E-state index contributed by atoms with van der Waals surface area (Å²) in [4.78, 5) is 12.0. The minimum atomic E-state index is -0.257. The Bertz CT molecular complexity index is 631. The Morgan fingerprint density at radius 1 is 1.50 bits per heavy atom. The molecule has 0 atom stereocenters. The molecule has 1 heterocycles. The minimum Gasteiger partial charge on any atom is -0.393 e. The van der Waals surface area contributed by atoms with E-state index in [4.69, 9.17) is 10.5 Å². The number of aromatic nitrogens is 2. The molecule has 0 aliphatic heterocycles. The number of halogens is 1. The quantitative estimate of drug-likeness (QED) is 0.910. The molecule has 3 N–H and O–H groups in total. The molecule has 5 nitrogen and oxygen atoms in total. The molecule has 0 amide bonds. The highest BCUT2D eigenvalue weighted by Gasteiger charge is 2.13. The highest BCUT2D eigenvalue weighted by molar-refractivity contribution is 9.10. The maximum atomic E-state index is 12.0. The van der Waals surface area contributed by atoms with Gasteiger partial charge in [-0.15, -0.1) is 0 Å². The van der Waals surface area contributed by atoms with Gasteiger partial charge in [0.15, 0.2) is 0 Å². The van der Waals surface area contributed by atoms with E-state index in [1.807, 2.05) is 25.1 Å². The van der Waals surface area contributed by atoms with E-state index in [9.17, 15) is 4.79 Å². The van der Waals surface area contributed by atoms with Crippen LogP contribution in [-0.4, -0.2) is 16.9 Å². The van der Waals surface area contributed by atoms with Crippen LogP contribution in [0.1, 0.15) is 11.3 Å². The standard InChI is InChI=1S/C12H14BrN3O2/c1-7-5-8(13)3-4-10(7)16-12(17)11(14)9(15-16)6-18-2/h3-5,15H,6,14H2,1-2H3. The van der Waals surface area contributed by atoms with Crippen molar-refractivity contribution in [2.75, 3.05) is 12.8 Å². The summed E-state index contributed by atoms with van der Waals surface area (Å²) in [5.41, 5.74) is 8.02. The van der Waals surface area contributed by atoms with E-state index in [2.05, 4.69) is 21.0 Å². The van der Waals surface area contributed by atoms with Crippen LogP contribution in [0.4, 0.5) is 5.69 Å². The fraction of sp³-hybridized carbons (Fsp3) is 0.250. The summed E-state index contributed by atoms with van der Waals surface area (Å²) in [7, 11) is 1.56. The molecule has 0 spiro atoms. The van der Waals surface area contributed by atoms with Gasteiger partial charge in [0, 0.05) is 11.6 Å². The molecule has 96 valence electrons. The van der Waals surface area contributed by atoms with Gasteiger partial charge in [-0.3, -0.25) is 9.89 Å². The van der Waals surface area contributed by atoms with E-state index >= 15 is 0 Å². The number of nitrogen functional groups attached to an aromatic ring is 1. The Hall–Kier alpha value is -1.53. The third-order valence-electron chi connectivity index (χ3n) is 2.69. The molecule has 0 bridgehead atoms. The van der Waals surface area contributed by atoms with Gasteiger partial charge >= 0.3 is 0 Å². The van der Waals surface area contributed by atoms with E-state index < -0.39 is 0 Å². The number of methoxy groups -OCH3 is 1. The van der Waals surface area contributed by atoms with Crippen LogP contribution < -0.4 is 11.3 Å². The van der Waals surface area contributed by atoms with Crippen LogP contribution in [-0.2, 0) is 11.3 Å². The largest absolute Gasteiger partial charge is 0.393 e. The lowest BCUT2D eigenvalue weighted by atomic mass is 10.2. The Morgan fingerprint density at radius 2 is 2.22 bits per heavy atom. The second kappa shape index (κ2) is 4.99. The van der Waals surface area contributed by atoms with Gasteiger partial charge in [-0.05, 0) is 30.7 Å². The van der Waals surface area contributed by atoms with Gasteiger partial charge in [0.25, 0.3) is 5.56 Å². The SMILES string of the molecule is COCc1[nH]n(-c2ccc(Br)cc2C)c(=O)c1N. The fourth-order valence-electron chi connectivity index (χ4n) is 1.79. The number of anilines is 1. The summed E-state index contributed by atoms with van der Waals surface area (Å²) in [5.74, 6) is 0. The van der Waals surface area contributed by atoms with Crippen LogP contribution in [0.5, 0.6) is 0 Å². The molecule has 0 aliphatic carbocycles. The van der Waals surface area contributed by atoms with Gasteiger partial charge in [0.1, 0.15) is 5.69 Å². The number of aryl methyl sites for hydroxylation is 1. The van der Waals surface area contributed by atoms with Gasteiger partial charge in [0.05, 0.1) is 18.0 Å². The maximum absolute atomic E-state index is 12.0. The smallest absolute Gasteiger partial charge is 0.294 e. The van der Waals surface area contributed by atoms with Crippen LogP contribution >= 0.6 is 15.9 Å². The Balaban J connectivity index is 2.57. The molecule has 0 fully saturated rings. The lowest BCUT2D eigenvalue weighted by Gasteiger charge is -2.06. The van der Waals surface area contributed by atoms with Crippen molar-refractivity contribution >= 4 is 21.6 Å². The molecule has 0 aliphatic rings. The normalized spacial score (nSPS) is 10.8.